The molecular weight excluding hydrogens is 260 g/mol. The molecule has 0 spiro atoms. The SMILES string of the molecule is CC[C@]1(Cc2ccccc2)C(=O)NC(=S)N(C)C1=O. The van der Waals surface area contributed by atoms with Gasteiger partial charge in [0.2, 0.25) is 11.8 Å². The fourth-order valence-electron chi connectivity index (χ4n) is 2.35. The molecule has 2 rings (SSSR count). The van der Waals surface area contributed by atoms with E-state index in [1.165, 1.54) is 4.90 Å². The van der Waals surface area contributed by atoms with Crippen molar-refractivity contribution in [3.63, 3.8) is 0 Å². The predicted octanol–water partition coefficient (Wildman–Crippen LogP) is 1.50. The Morgan fingerprint density at radius 2 is 1.89 bits per heavy atom. The Morgan fingerprint density at radius 3 is 2.47 bits per heavy atom. The van der Waals surface area contributed by atoms with Crippen LogP contribution in [-0.4, -0.2) is 28.9 Å². The highest BCUT2D eigenvalue weighted by molar-refractivity contribution is 7.80. The van der Waals surface area contributed by atoms with E-state index < -0.39 is 5.41 Å². The van der Waals surface area contributed by atoms with Crippen molar-refractivity contribution in [2.24, 2.45) is 5.41 Å². The van der Waals surface area contributed by atoms with Gasteiger partial charge in [-0.25, -0.2) is 0 Å². The number of nitrogens with one attached hydrogen (secondary N) is 1. The molecule has 100 valence electrons. The largest absolute Gasteiger partial charge is 0.302 e. The minimum Gasteiger partial charge on any atom is -0.302 e. The third-order valence-corrected chi connectivity index (χ3v) is 4.00. The second kappa shape index (κ2) is 5.09. The van der Waals surface area contributed by atoms with Gasteiger partial charge in [-0.05, 0) is 30.6 Å². The first-order valence-corrected chi connectivity index (χ1v) is 6.59. The van der Waals surface area contributed by atoms with Gasteiger partial charge in [-0.3, -0.25) is 14.5 Å². The van der Waals surface area contributed by atoms with Crippen LogP contribution < -0.4 is 5.32 Å². The molecule has 2 amide bonds. The van der Waals surface area contributed by atoms with E-state index in [-0.39, 0.29) is 16.9 Å². The van der Waals surface area contributed by atoms with Gasteiger partial charge in [0.05, 0.1) is 0 Å². The van der Waals surface area contributed by atoms with Crippen LogP contribution in [0.1, 0.15) is 18.9 Å². The van der Waals surface area contributed by atoms with E-state index in [2.05, 4.69) is 5.32 Å². The molecule has 0 bridgehead atoms. The normalized spacial score (nSPS) is 23.5. The minimum atomic E-state index is -1.06. The Hall–Kier alpha value is -1.75. The number of hydrogen-bond donors (Lipinski definition) is 1. The van der Waals surface area contributed by atoms with Gasteiger partial charge in [-0.2, -0.15) is 0 Å². The first-order chi connectivity index (χ1) is 9.01. The zero-order chi connectivity index (χ0) is 14.0. The van der Waals surface area contributed by atoms with Crippen LogP contribution >= 0.6 is 12.2 Å². The van der Waals surface area contributed by atoms with E-state index in [1.807, 2.05) is 37.3 Å². The molecule has 1 atom stereocenters. The lowest BCUT2D eigenvalue weighted by molar-refractivity contribution is -0.149. The third-order valence-electron chi connectivity index (χ3n) is 3.63. The van der Waals surface area contributed by atoms with E-state index in [0.717, 1.165) is 5.56 Å². The second-order valence-electron chi connectivity index (χ2n) is 4.72. The lowest BCUT2D eigenvalue weighted by atomic mass is 9.76. The number of amides is 2. The molecule has 1 aromatic rings. The van der Waals surface area contributed by atoms with Gasteiger partial charge >= 0.3 is 0 Å². The third kappa shape index (κ3) is 2.26. The molecular formula is C14H16N2O2S. The molecule has 0 aromatic heterocycles. The summed E-state index contributed by atoms with van der Waals surface area (Å²) in [5.41, 5.74) is -0.0904. The van der Waals surface area contributed by atoms with Crippen LogP contribution in [0.3, 0.4) is 0 Å². The summed E-state index contributed by atoms with van der Waals surface area (Å²) in [5.74, 6) is -0.528. The zero-order valence-electron chi connectivity index (χ0n) is 11.0. The average Bonchev–Trinajstić information content (AvgIpc) is 2.42. The van der Waals surface area contributed by atoms with Gasteiger partial charge in [0.25, 0.3) is 0 Å². The van der Waals surface area contributed by atoms with Crippen LogP contribution in [-0.2, 0) is 16.0 Å². The van der Waals surface area contributed by atoms with Gasteiger partial charge in [0, 0.05) is 7.05 Å². The van der Waals surface area contributed by atoms with Crippen molar-refractivity contribution in [3.05, 3.63) is 35.9 Å². The topological polar surface area (TPSA) is 49.4 Å². The molecule has 5 heteroatoms. The second-order valence-corrected chi connectivity index (χ2v) is 5.11. The molecule has 19 heavy (non-hydrogen) atoms. The van der Waals surface area contributed by atoms with Gasteiger partial charge in [0.1, 0.15) is 5.41 Å². The maximum atomic E-state index is 12.5. The Labute approximate surface area is 117 Å². The summed E-state index contributed by atoms with van der Waals surface area (Å²) in [6.45, 7) is 1.85. The van der Waals surface area contributed by atoms with Crippen molar-refractivity contribution >= 4 is 29.1 Å². The number of nitrogens with zero attached hydrogens (tertiary/aromatic N) is 1. The standard InChI is InChI=1S/C14H16N2O2S/c1-3-14(9-10-7-5-4-6-8-10)11(17)15-13(19)16(2)12(14)18/h4-8H,3,9H2,1-2H3,(H,15,17,19)/t14-/m0/s1. The monoisotopic (exact) mass is 276 g/mol. The molecule has 1 saturated heterocycles. The van der Waals surface area contributed by atoms with E-state index >= 15 is 0 Å². The fourth-order valence-corrected chi connectivity index (χ4v) is 2.52. The Balaban J connectivity index is 2.38. The summed E-state index contributed by atoms with van der Waals surface area (Å²) in [6.07, 6.45) is 0.835. The maximum Gasteiger partial charge on any atom is 0.244 e. The molecule has 0 radical (unpaired) electrons. The lowest BCUT2D eigenvalue weighted by Crippen LogP contribution is -2.63. The summed E-state index contributed by atoms with van der Waals surface area (Å²) < 4.78 is 0. The van der Waals surface area contributed by atoms with Crippen molar-refractivity contribution in [1.29, 1.82) is 0 Å². The van der Waals surface area contributed by atoms with E-state index in [1.54, 1.807) is 7.05 Å². The maximum absolute atomic E-state index is 12.5. The molecule has 1 N–H and O–H groups in total. The zero-order valence-corrected chi connectivity index (χ0v) is 11.8. The highest BCUT2D eigenvalue weighted by Gasteiger charge is 2.50. The molecule has 1 aliphatic rings. The first-order valence-electron chi connectivity index (χ1n) is 6.19. The molecule has 1 aliphatic heterocycles. The van der Waals surface area contributed by atoms with Crippen molar-refractivity contribution in [1.82, 2.24) is 10.2 Å². The van der Waals surface area contributed by atoms with E-state index in [9.17, 15) is 9.59 Å². The van der Waals surface area contributed by atoms with Crippen molar-refractivity contribution in [2.45, 2.75) is 19.8 Å². The van der Waals surface area contributed by atoms with Gasteiger partial charge in [0.15, 0.2) is 5.11 Å². The van der Waals surface area contributed by atoms with Crippen LogP contribution in [0.4, 0.5) is 0 Å². The summed E-state index contributed by atoms with van der Waals surface area (Å²) >= 11 is 4.97. The molecule has 0 unspecified atom stereocenters. The quantitative estimate of drug-likeness (QED) is 0.672. The predicted molar refractivity (Wildman–Crippen MR) is 76.4 cm³/mol. The van der Waals surface area contributed by atoms with Gasteiger partial charge in [-0.15, -0.1) is 0 Å². The van der Waals surface area contributed by atoms with Crippen LogP contribution in [0, 0.1) is 5.41 Å². The molecule has 4 nitrogen and oxygen atoms in total. The molecule has 1 heterocycles. The first kappa shape index (κ1) is 13.7. The van der Waals surface area contributed by atoms with Gasteiger partial charge < -0.3 is 5.32 Å². The average molecular weight is 276 g/mol. The van der Waals surface area contributed by atoms with E-state index in [4.69, 9.17) is 12.2 Å². The number of rotatable bonds is 3. The number of benzene rings is 1. The number of carbonyl (C=O) groups excluding carboxylic acids is 2. The van der Waals surface area contributed by atoms with Crippen LogP contribution in [0.2, 0.25) is 0 Å². The Kier molecular flexibility index (Phi) is 3.66. The van der Waals surface area contributed by atoms with Crippen LogP contribution in [0.25, 0.3) is 0 Å². The Morgan fingerprint density at radius 1 is 1.26 bits per heavy atom. The summed E-state index contributed by atoms with van der Waals surface area (Å²) in [5, 5.41) is 2.79. The molecule has 1 aromatic carbocycles. The highest BCUT2D eigenvalue weighted by Crippen LogP contribution is 2.32. The summed E-state index contributed by atoms with van der Waals surface area (Å²) in [4.78, 5) is 26.1. The smallest absolute Gasteiger partial charge is 0.244 e. The molecule has 0 aliphatic carbocycles. The number of carbonyl (C=O) groups is 2. The van der Waals surface area contributed by atoms with E-state index in [0.29, 0.717) is 12.8 Å². The fraction of sp³-hybridized carbons (Fsp3) is 0.357. The molecule has 0 saturated carbocycles. The van der Waals surface area contributed by atoms with Crippen molar-refractivity contribution in [3.8, 4) is 0 Å². The molecule has 1 fully saturated rings. The minimum absolute atomic E-state index is 0.173. The lowest BCUT2D eigenvalue weighted by Gasteiger charge is -2.38. The highest BCUT2D eigenvalue weighted by atomic mass is 32.1. The number of hydrogen-bond acceptors (Lipinski definition) is 3. The number of thiocarbonyl (C=S) groups is 1. The summed E-state index contributed by atoms with van der Waals surface area (Å²) in [6, 6.07) is 9.55. The van der Waals surface area contributed by atoms with Gasteiger partial charge in [-0.1, -0.05) is 37.3 Å². The van der Waals surface area contributed by atoms with Crippen molar-refractivity contribution in [2.75, 3.05) is 7.05 Å². The summed E-state index contributed by atoms with van der Waals surface area (Å²) in [7, 11) is 1.60. The van der Waals surface area contributed by atoms with Crippen LogP contribution in [0.5, 0.6) is 0 Å². The Bertz CT molecular complexity index is 530. The van der Waals surface area contributed by atoms with Crippen LogP contribution in [0.15, 0.2) is 30.3 Å². The van der Waals surface area contributed by atoms with Crippen molar-refractivity contribution < 1.29 is 9.59 Å².